The average Bonchev–Trinajstić information content (AvgIpc) is 2.61. The smallest absolute Gasteiger partial charge is 0.119 e. The molecular weight excluding hydrogens is 306 g/mol. The highest BCUT2D eigenvalue weighted by molar-refractivity contribution is 6.12. The molecule has 130 valence electrons. The highest BCUT2D eigenvalue weighted by atomic mass is 16.5. The number of aryl methyl sites for hydroxylation is 2. The Kier molecular flexibility index (Phi) is 5.70. The Morgan fingerprint density at radius 1 is 1.08 bits per heavy atom. The highest BCUT2D eigenvalue weighted by Gasteiger charge is 2.13. The van der Waals surface area contributed by atoms with Crippen LogP contribution in [0.25, 0.3) is 6.08 Å². The summed E-state index contributed by atoms with van der Waals surface area (Å²) in [5.74, 6) is 0.979. The van der Waals surface area contributed by atoms with Crippen molar-refractivity contribution < 1.29 is 4.74 Å². The predicted octanol–water partition coefficient (Wildman–Crippen LogP) is 5.54. The van der Waals surface area contributed by atoms with Crippen LogP contribution in [0.3, 0.4) is 0 Å². The van der Waals surface area contributed by atoms with Crippen molar-refractivity contribution in [3.8, 4) is 5.75 Å². The van der Waals surface area contributed by atoms with E-state index < -0.39 is 0 Å². The first kappa shape index (κ1) is 17.5. The molecule has 0 unspecified atom stereocenters. The summed E-state index contributed by atoms with van der Waals surface area (Å²) in [6.45, 7) is 8.10. The summed E-state index contributed by atoms with van der Waals surface area (Å²) in [4.78, 5) is 4.73. The lowest BCUT2D eigenvalue weighted by Gasteiger charge is -2.16. The van der Waals surface area contributed by atoms with Crippen LogP contribution < -0.4 is 4.74 Å². The lowest BCUT2D eigenvalue weighted by atomic mass is 9.96. The molecule has 0 N–H and O–H groups in total. The largest absolute Gasteiger partial charge is 0.494 e. The molecular formula is C23H27NO. The second-order valence-corrected chi connectivity index (χ2v) is 6.73. The minimum absolute atomic E-state index is 0.794. The summed E-state index contributed by atoms with van der Waals surface area (Å²) < 4.78 is 5.85. The predicted molar refractivity (Wildman–Crippen MR) is 107 cm³/mol. The van der Waals surface area contributed by atoms with Crippen molar-refractivity contribution in [3.05, 3.63) is 70.3 Å². The van der Waals surface area contributed by atoms with Crippen LogP contribution in [0.4, 0.5) is 0 Å². The first-order valence-corrected chi connectivity index (χ1v) is 9.23. The number of nitrogens with zero attached hydrogens (tertiary/aromatic N) is 1. The van der Waals surface area contributed by atoms with Crippen LogP contribution in [0.15, 0.2) is 47.5 Å². The maximum absolute atomic E-state index is 5.85. The number of rotatable bonds is 6. The number of hydrogen-bond donors (Lipinski definition) is 0. The van der Waals surface area contributed by atoms with E-state index in [9.17, 15) is 0 Å². The molecule has 0 bridgehead atoms. The number of fused-ring (bicyclic) bond motifs is 1. The summed E-state index contributed by atoms with van der Waals surface area (Å²) in [5.41, 5.74) is 7.49. The van der Waals surface area contributed by atoms with Crippen molar-refractivity contribution in [3.63, 3.8) is 0 Å². The third-order valence-corrected chi connectivity index (χ3v) is 4.63. The van der Waals surface area contributed by atoms with Crippen LogP contribution in [0.5, 0.6) is 5.75 Å². The Morgan fingerprint density at radius 3 is 2.76 bits per heavy atom. The first-order valence-electron chi connectivity index (χ1n) is 9.23. The van der Waals surface area contributed by atoms with Crippen LogP contribution in [0, 0.1) is 13.8 Å². The lowest BCUT2D eigenvalue weighted by molar-refractivity contribution is 0.309. The van der Waals surface area contributed by atoms with Gasteiger partial charge in [0.1, 0.15) is 5.75 Å². The van der Waals surface area contributed by atoms with Gasteiger partial charge in [0.2, 0.25) is 0 Å². The van der Waals surface area contributed by atoms with Gasteiger partial charge in [-0.3, -0.25) is 4.99 Å². The second kappa shape index (κ2) is 8.15. The molecule has 2 aromatic rings. The van der Waals surface area contributed by atoms with Crippen LogP contribution >= 0.6 is 0 Å². The van der Waals surface area contributed by atoms with Crippen molar-refractivity contribution in [1.82, 2.24) is 0 Å². The molecule has 0 amide bonds. The minimum Gasteiger partial charge on any atom is -0.494 e. The molecule has 25 heavy (non-hydrogen) atoms. The monoisotopic (exact) mass is 333 g/mol. The summed E-state index contributed by atoms with van der Waals surface area (Å²) in [7, 11) is 0. The topological polar surface area (TPSA) is 21.6 Å². The molecule has 0 aliphatic carbocycles. The summed E-state index contributed by atoms with van der Waals surface area (Å²) >= 11 is 0. The van der Waals surface area contributed by atoms with Gasteiger partial charge in [0.25, 0.3) is 0 Å². The Hall–Kier alpha value is -2.35. The molecule has 0 radical (unpaired) electrons. The lowest BCUT2D eigenvalue weighted by Crippen LogP contribution is -2.11. The van der Waals surface area contributed by atoms with E-state index >= 15 is 0 Å². The fraction of sp³-hybridized carbons (Fsp3) is 0.348. The van der Waals surface area contributed by atoms with Crippen molar-refractivity contribution in [2.45, 2.75) is 40.0 Å². The zero-order chi connectivity index (χ0) is 17.6. The SMILES string of the molecule is CCCCOc1ccc2c(c1)CCN=C2C=Cc1ccc(C)cc1C. The standard InChI is InChI=1S/C23H27NO/c1-4-5-14-25-21-9-10-22-20(16-21)12-13-24-23(22)11-8-19-7-6-17(2)15-18(19)3/h6-11,15-16H,4-5,12-14H2,1-3H3. The third-order valence-electron chi connectivity index (χ3n) is 4.63. The fourth-order valence-electron chi connectivity index (χ4n) is 3.16. The Balaban J connectivity index is 1.78. The van der Waals surface area contributed by atoms with Gasteiger partial charge in [0, 0.05) is 12.1 Å². The van der Waals surface area contributed by atoms with Gasteiger partial charge in [-0.1, -0.05) is 43.2 Å². The first-order chi connectivity index (χ1) is 12.2. The molecule has 0 spiro atoms. The van der Waals surface area contributed by atoms with E-state index in [4.69, 9.17) is 9.73 Å². The van der Waals surface area contributed by atoms with Crippen molar-refractivity contribution in [2.24, 2.45) is 4.99 Å². The van der Waals surface area contributed by atoms with E-state index in [-0.39, 0.29) is 0 Å². The van der Waals surface area contributed by atoms with Gasteiger partial charge in [-0.15, -0.1) is 0 Å². The normalized spacial score (nSPS) is 13.6. The van der Waals surface area contributed by atoms with Gasteiger partial charge >= 0.3 is 0 Å². The highest BCUT2D eigenvalue weighted by Crippen LogP contribution is 2.23. The van der Waals surface area contributed by atoms with Crippen LogP contribution in [0.1, 0.15) is 47.6 Å². The zero-order valence-corrected chi connectivity index (χ0v) is 15.5. The van der Waals surface area contributed by atoms with Gasteiger partial charge in [-0.25, -0.2) is 0 Å². The Bertz CT molecular complexity index is 802. The Morgan fingerprint density at radius 2 is 1.96 bits per heavy atom. The van der Waals surface area contributed by atoms with E-state index in [1.165, 1.54) is 27.8 Å². The zero-order valence-electron chi connectivity index (χ0n) is 15.5. The van der Waals surface area contributed by atoms with E-state index in [1.54, 1.807) is 0 Å². The number of benzene rings is 2. The number of unbranched alkanes of at least 4 members (excludes halogenated alkanes) is 1. The fourth-order valence-corrected chi connectivity index (χ4v) is 3.16. The van der Waals surface area contributed by atoms with E-state index in [0.717, 1.165) is 43.9 Å². The molecule has 0 aromatic heterocycles. The molecule has 0 atom stereocenters. The summed E-state index contributed by atoms with van der Waals surface area (Å²) in [5, 5.41) is 0. The molecule has 2 aromatic carbocycles. The van der Waals surface area contributed by atoms with Crippen molar-refractivity contribution >= 4 is 11.8 Å². The van der Waals surface area contributed by atoms with E-state index in [2.05, 4.69) is 69.3 Å². The molecule has 0 fully saturated rings. The maximum atomic E-state index is 5.85. The van der Waals surface area contributed by atoms with Crippen LogP contribution in [-0.2, 0) is 6.42 Å². The Labute approximate surface area is 151 Å². The molecule has 0 saturated carbocycles. The molecule has 2 heteroatoms. The van der Waals surface area contributed by atoms with E-state index in [0.29, 0.717) is 0 Å². The van der Waals surface area contributed by atoms with Crippen LogP contribution in [-0.4, -0.2) is 18.9 Å². The number of hydrogen-bond acceptors (Lipinski definition) is 2. The molecule has 0 saturated heterocycles. The van der Waals surface area contributed by atoms with Gasteiger partial charge < -0.3 is 4.74 Å². The molecule has 2 nitrogen and oxygen atoms in total. The van der Waals surface area contributed by atoms with Gasteiger partial charge in [0.15, 0.2) is 0 Å². The number of aliphatic imine (C=N–C) groups is 1. The average molecular weight is 333 g/mol. The van der Waals surface area contributed by atoms with Gasteiger partial charge in [0.05, 0.1) is 12.3 Å². The number of allylic oxidation sites excluding steroid dienone is 1. The summed E-state index contributed by atoms with van der Waals surface area (Å²) in [6.07, 6.45) is 7.57. The minimum atomic E-state index is 0.794. The molecule has 1 aliphatic heterocycles. The van der Waals surface area contributed by atoms with Gasteiger partial charge in [-0.05, 0) is 67.7 Å². The number of ether oxygens (including phenoxy) is 1. The van der Waals surface area contributed by atoms with Crippen molar-refractivity contribution in [2.75, 3.05) is 13.2 Å². The maximum Gasteiger partial charge on any atom is 0.119 e. The molecule has 1 aliphatic rings. The van der Waals surface area contributed by atoms with Gasteiger partial charge in [-0.2, -0.15) is 0 Å². The molecule has 1 heterocycles. The van der Waals surface area contributed by atoms with E-state index in [1.807, 2.05) is 0 Å². The quantitative estimate of drug-likeness (QED) is 0.636. The summed E-state index contributed by atoms with van der Waals surface area (Å²) in [6, 6.07) is 13.0. The van der Waals surface area contributed by atoms with Crippen LogP contribution in [0.2, 0.25) is 0 Å². The third kappa shape index (κ3) is 4.39. The molecule has 3 rings (SSSR count). The second-order valence-electron chi connectivity index (χ2n) is 6.73. The van der Waals surface area contributed by atoms with Crippen molar-refractivity contribution in [1.29, 1.82) is 0 Å².